The smallest absolute Gasteiger partial charge is 0.230 e. The maximum atomic E-state index is 9.86. The molecule has 52 heavy (non-hydrogen) atoms. The zero-order chi connectivity index (χ0) is 36.5. The van der Waals surface area contributed by atoms with Crippen LogP contribution >= 0.6 is 11.8 Å². The molecule has 3 aliphatic rings. The molecule has 6 atom stereocenters. The second kappa shape index (κ2) is 18.0. The first-order valence-corrected chi connectivity index (χ1v) is 20.1. The number of thioether (sulfide) groups is 1. The minimum absolute atomic E-state index is 0.0225. The molecule has 1 aliphatic heterocycles. The molecule has 8 heteroatoms. The number of benzene rings is 3. The molecule has 1 fully saturated rings. The van der Waals surface area contributed by atoms with E-state index in [4.69, 9.17) is 24.2 Å². The molecule has 3 aromatic rings. The normalized spacial score (nSPS) is 25.4. The van der Waals surface area contributed by atoms with E-state index in [0.717, 1.165) is 83.9 Å². The Hall–Kier alpha value is -3.56. The fourth-order valence-electron chi connectivity index (χ4n) is 8.41. The number of aliphatic hydroxyl groups excluding tert-OH is 2. The molecule has 6 rings (SSSR count). The SMILES string of the molecule is C=CCOC12Oc3ccc(Oc4ccc(C)c(C)c4)cc3C3C(CCCCO)C(CCCCO)C=C(C(=NOCc4ccccc4)CC1SCC)C32. The third-order valence-electron chi connectivity index (χ3n) is 11.0. The van der Waals surface area contributed by atoms with Gasteiger partial charge in [-0.3, -0.25) is 0 Å². The van der Waals surface area contributed by atoms with Crippen LogP contribution in [0, 0.1) is 31.6 Å². The number of nitrogens with zero attached hydrogens (tertiary/aromatic N) is 1. The zero-order valence-electron chi connectivity index (χ0n) is 31.0. The van der Waals surface area contributed by atoms with E-state index in [9.17, 15) is 10.2 Å². The van der Waals surface area contributed by atoms with E-state index < -0.39 is 5.79 Å². The van der Waals surface area contributed by atoms with Crippen molar-refractivity contribution in [1.29, 1.82) is 0 Å². The van der Waals surface area contributed by atoms with E-state index in [1.807, 2.05) is 48.2 Å². The van der Waals surface area contributed by atoms with Crippen LogP contribution in [0.4, 0.5) is 0 Å². The molecule has 6 unspecified atom stereocenters. The third kappa shape index (κ3) is 8.31. The lowest BCUT2D eigenvalue weighted by Crippen LogP contribution is -2.64. The predicted molar refractivity (Wildman–Crippen MR) is 210 cm³/mol. The Morgan fingerprint density at radius 2 is 1.69 bits per heavy atom. The fourth-order valence-corrected chi connectivity index (χ4v) is 9.59. The average Bonchev–Trinajstić information content (AvgIpc) is 3.15. The highest BCUT2D eigenvalue weighted by atomic mass is 32.2. The molecule has 1 heterocycles. The van der Waals surface area contributed by atoms with Crippen LogP contribution in [-0.2, 0) is 16.2 Å². The van der Waals surface area contributed by atoms with Crippen molar-refractivity contribution < 1.29 is 29.3 Å². The van der Waals surface area contributed by atoms with E-state index in [1.54, 1.807) is 0 Å². The van der Waals surface area contributed by atoms with E-state index >= 15 is 0 Å². The van der Waals surface area contributed by atoms with Gasteiger partial charge in [-0.25, -0.2) is 0 Å². The van der Waals surface area contributed by atoms with Gasteiger partial charge in [0, 0.05) is 31.1 Å². The van der Waals surface area contributed by atoms with Gasteiger partial charge in [0.2, 0.25) is 5.79 Å². The van der Waals surface area contributed by atoms with Gasteiger partial charge in [0.1, 0.15) is 23.9 Å². The van der Waals surface area contributed by atoms with Gasteiger partial charge in [0.15, 0.2) is 0 Å². The van der Waals surface area contributed by atoms with E-state index in [-0.39, 0.29) is 42.1 Å². The highest BCUT2D eigenvalue weighted by Crippen LogP contribution is 2.62. The lowest BCUT2D eigenvalue weighted by Gasteiger charge is -2.58. The largest absolute Gasteiger partial charge is 0.460 e. The minimum Gasteiger partial charge on any atom is -0.460 e. The van der Waals surface area contributed by atoms with Crippen LogP contribution in [0.2, 0.25) is 0 Å². The van der Waals surface area contributed by atoms with E-state index in [1.165, 1.54) is 11.1 Å². The summed E-state index contributed by atoms with van der Waals surface area (Å²) in [7, 11) is 0. The maximum absolute atomic E-state index is 9.86. The van der Waals surface area contributed by atoms with Crippen molar-refractivity contribution in [3.8, 4) is 17.2 Å². The number of ether oxygens (including phenoxy) is 3. The lowest BCUT2D eigenvalue weighted by molar-refractivity contribution is -0.223. The molecule has 0 bridgehead atoms. The number of allylic oxidation sites excluding steroid dienone is 1. The summed E-state index contributed by atoms with van der Waals surface area (Å²) in [5.74, 6) is 2.64. The van der Waals surface area contributed by atoms with Gasteiger partial charge in [-0.15, -0.1) is 6.58 Å². The third-order valence-corrected chi connectivity index (χ3v) is 12.2. The Balaban J connectivity index is 1.50. The number of aryl methyl sites for hydroxylation is 2. The Morgan fingerprint density at radius 3 is 2.42 bits per heavy atom. The molecule has 278 valence electrons. The molecule has 7 nitrogen and oxygen atoms in total. The summed E-state index contributed by atoms with van der Waals surface area (Å²) in [6, 6.07) is 22.6. The second-order valence-corrected chi connectivity index (χ2v) is 15.8. The number of rotatable bonds is 18. The number of oxime groups is 1. The molecule has 2 N–H and O–H groups in total. The first kappa shape index (κ1) is 38.2. The average molecular weight is 726 g/mol. The van der Waals surface area contributed by atoms with Crippen molar-refractivity contribution in [1.82, 2.24) is 0 Å². The molecule has 3 aromatic carbocycles. The second-order valence-electron chi connectivity index (χ2n) is 14.3. The summed E-state index contributed by atoms with van der Waals surface area (Å²) in [5, 5.41) is 24.5. The van der Waals surface area contributed by atoms with Crippen LogP contribution in [-0.4, -0.2) is 52.5 Å². The first-order valence-electron chi connectivity index (χ1n) is 19.0. The van der Waals surface area contributed by atoms with Crippen LogP contribution in [0.15, 0.2) is 96.2 Å². The van der Waals surface area contributed by atoms with Gasteiger partial charge in [0.25, 0.3) is 0 Å². The van der Waals surface area contributed by atoms with Crippen molar-refractivity contribution in [3.05, 3.63) is 113 Å². The van der Waals surface area contributed by atoms with Crippen molar-refractivity contribution in [2.75, 3.05) is 25.6 Å². The zero-order valence-corrected chi connectivity index (χ0v) is 31.8. The molecule has 0 radical (unpaired) electrons. The molecule has 2 aliphatic carbocycles. The first-order chi connectivity index (χ1) is 25.4. The Bertz CT molecular complexity index is 1710. The lowest BCUT2D eigenvalue weighted by atomic mass is 9.56. The van der Waals surface area contributed by atoms with Gasteiger partial charge in [-0.05, 0) is 110 Å². The summed E-state index contributed by atoms with van der Waals surface area (Å²) >= 11 is 1.85. The van der Waals surface area contributed by atoms with Crippen molar-refractivity contribution in [3.63, 3.8) is 0 Å². The fraction of sp³-hybridized carbons (Fsp3) is 0.477. The van der Waals surface area contributed by atoms with Gasteiger partial charge >= 0.3 is 0 Å². The van der Waals surface area contributed by atoms with Gasteiger partial charge < -0.3 is 29.3 Å². The number of unbranched alkanes of at least 4 members (excludes halogenated alkanes) is 2. The Labute approximate surface area is 314 Å². The van der Waals surface area contributed by atoms with E-state index in [0.29, 0.717) is 19.6 Å². The number of aliphatic hydroxyl groups is 2. The van der Waals surface area contributed by atoms with Crippen molar-refractivity contribution >= 4 is 17.5 Å². The maximum Gasteiger partial charge on any atom is 0.230 e. The van der Waals surface area contributed by atoms with Crippen LogP contribution in [0.25, 0.3) is 0 Å². The van der Waals surface area contributed by atoms with Crippen molar-refractivity contribution in [2.45, 2.75) is 89.3 Å². The highest BCUT2D eigenvalue weighted by Gasteiger charge is 2.63. The summed E-state index contributed by atoms with van der Waals surface area (Å²) in [5.41, 5.74) is 6.67. The summed E-state index contributed by atoms with van der Waals surface area (Å²) in [6.45, 7) is 11.5. The molecule has 0 spiro atoms. The van der Waals surface area contributed by atoms with Crippen LogP contribution in [0.1, 0.15) is 80.0 Å². The Kier molecular flexibility index (Phi) is 13.2. The standard InChI is InChI=1S/C44H55NO6S/c1-5-24-48-44-41(52-6-2)28-39(45-49-29-32-14-8-7-9-15-32)37-26-33(16-10-12-22-46)36(17-11-13-23-47)42(43(37)44)38-27-35(20-21-40(38)51-44)50-34-19-18-30(3)31(4)25-34/h5,7-9,14-15,18-21,25-27,33,36,41-43,46-47H,1,6,10-13,16-17,22-24,28-29H2,2-4H3. The molecule has 0 amide bonds. The number of fused-ring (bicyclic) bond motifs is 2. The van der Waals surface area contributed by atoms with Crippen LogP contribution < -0.4 is 9.47 Å². The molecular weight excluding hydrogens is 671 g/mol. The summed E-state index contributed by atoms with van der Waals surface area (Å²) in [6.07, 6.45) is 10.1. The van der Waals surface area contributed by atoms with Gasteiger partial charge in [0.05, 0.1) is 23.5 Å². The van der Waals surface area contributed by atoms with Gasteiger partial charge in [-0.2, -0.15) is 11.8 Å². The number of hydrogen-bond donors (Lipinski definition) is 2. The summed E-state index contributed by atoms with van der Waals surface area (Å²) < 4.78 is 20.7. The minimum atomic E-state index is -0.960. The monoisotopic (exact) mass is 725 g/mol. The quantitative estimate of drug-likeness (QED) is 0.0767. The summed E-state index contributed by atoms with van der Waals surface area (Å²) in [4.78, 5) is 6.14. The topological polar surface area (TPSA) is 89.7 Å². The molecule has 0 saturated heterocycles. The predicted octanol–water partition coefficient (Wildman–Crippen LogP) is 9.68. The number of hydrogen-bond acceptors (Lipinski definition) is 8. The van der Waals surface area contributed by atoms with E-state index in [2.05, 4.69) is 69.8 Å². The highest BCUT2D eigenvalue weighted by molar-refractivity contribution is 8.00. The molecule has 1 saturated carbocycles. The Morgan fingerprint density at radius 1 is 0.942 bits per heavy atom. The molecular formula is C44H55NO6S. The van der Waals surface area contributed by atoms with Crippen molar-refractivity contribution in [2.24, 2.45) is 22.9 Å². The van der Waals surface area contributed by atoms with Gasteiger partial charge in [-0.1, -0.05) is 73.5 Å². The molecule has 0 aromatic heterocycles. The van der Waals surface area contributed by atoms with Crippen LogP contribution in [0.5, 0.6) is 17.2 Å². The van der Waals surface area contributed by atoms with Crippen LogP contribution in [0.3, 0.4) is 0 Å².